The number of hydrogen-bond acceptors (Lipinski definition) is 15. The SMILES string of the molecule is CC(=O)Oc1ccc(C(=O)Nc2ccccc2-c2ccnn2C(=O)OC(C)(C)C)cc1.CC(=O)Oc1ccc(C(=O)O)cc1.CC(C)(C)OC(=O)n1nccc1-c1ccccc1NC(=O)c1ccc(O)cc1.ClCN1CCCCC1. The molecule has 5 aromatic carbocycles. The molecule has 0 spiro atoms. The number of carbonyl (C=O) groups excluding carboxylic acids is 6. The third-order valence-corrected chi connectivity index (χ3v) is 11.1. The molecule has 420 valence electrons. The molecule has 20 nitrogen and oxygen atoms in total. The van der Waals surface area contributed by atoms with E-state index in [1.165, 1.54) is 107 Å². The summed E-state index contributed by atoms with van der Waals surface area (Å²) >= 11 is 5.61. The van der Waals surface area contributed by atoms with Crippen molar-refractivity contribution in [2.45, 2.75) is 85.9 Å². The summed E-state index contributed by atoms with van der Waals surface area (Å²) in [6.07, 6.45) is 5.85. The number of anilines is 2. The fourth-order valence-corrected chi connectivity index (χ4v) is 7.54. The molecule has 21 heteroatoms. The number of halogens is 1. The molecule has 1 saturated heterocycles. The summed E-state index contributed by atoms with van der Waals surface area (Å²) in [7, 11) is 0. The summed E-state index contributed by atoms with van der Waals surface area (Å²) in [6, 6.07) is 36.0. The van der Waals surface area contributed by atoms with E-state index in [-0.39, 0.29) is 23.1 Å². The summed E-state index contributed by atoms with van der Waals surface area (Å²) in [5, 5.41) is 31.8. The van der Waals surface area contributed by atoms with Gasteiger partial charge in [0.25, 0.3) is 11.8 Å². The molecular formula is C59H64ClN7O13. The summed E-state index contributed by atoms with van der Waals surface area (Å²) in [4.78, 5) is 84.5. The van der Waals surface area contributed by atoms with Gasteiger partial charge in [0.2, 0.25) is 0 Å². The normalized spacial score (nSPS) is 12.0. The number of aromatic nitrogens is 4. The minimum atomic E-state index is -1.01. The first-order valence-corrected chi connectivity index (χ1v) is 25.7. The van der Waals surface area contributed by atoms with Crippen molar-refractivity contribution in [2.75, 3.05) is 29.7 Å². The smallest absolute Gasteiger partial charge is 0.435 e. The zero-order chi connectivity index (χ0) is 58.6. The van der Waals surface area contributed by atoms with Crippen LogP contribution in [0.1, 0.15) is 106 Å². The molecule has 2 amide bonds. The Morgan fingerprint density at radius 1 is 0.537 bits per heavy atom. The van der Waals surface area contributed by atoms with Crippen molar-refractivity contribution in [1.82, 2.24) is 24.5 Å². The van der Waals surface area contributed by atoms with Crippen molar-refractivity contribution in [3.63, 3.8) is 0 Å². The fourth-order valence-electron chi connectivity index (χ4n) is 7.30. The first kappa shape index (κ1) is 61.7. The predicted octanol–water partition coefficient (Wildman–Crippen LogP) is 11.8. The zero-order valence-electron chi connectivity index (χ0n) is 45.6. The van der Waals surface area contributed by atoms with Crippen molar-refractivity contribution >= 4 is 64.9 Å². The number of carbonyl (C=O) groups is 7. The number of carboxylic acid groups (broad SMARTS) is 1. The van der Waals surface area contributed by atoms with Crippen LogP contribution in [0.4, 0.5) is 21.0 Å². The lowest BCUT2D eigenvalue weighted by molar-refractivity contribution is -0.132. The Labute approximate surface area is 468 Å². The monoisotopic (exact) mass is 1110 g/mol. The van der Waals surface area contributed by atoms with E-state index in [0.29, 0.717) is 56.5 Å². The van der Waals surface area contributed by atoms with Crippen LogP contribution in [0.15, 0.2) is 146 Å². The van der Waals surface area contributed by atoms with Gasteiger partial charge in [0.1, 0.15) is 28.5 Å². The standard InChI is InChI=1S/C23H23N3O5.C21H21N3O4.C9H8O4.C6H12ClN/c1-15(27)30-17-11-9-16(10-12-17)21(28)25-19-8-6-5-7-18(19)20-13-14-24-26(20)22(29)31-23(2,3)4;1-21(2,3)28-20(27)24-18(12-13-22-24)16-6-4-5-7-17(16)23-19(26)14-8-10-15(25)11-9-14;1-6(10)13-8-4-2-7(3-5-8)9(11)12;7-6-8-4-2-1-3-5-8/h5-14H,1-4H3,(H,25,28);4-13,25H,1-3H3,(H,23,26);2-5H,1H3,(H,11,12);1-6H2. The number of nitrogens with one attached hydrogen (secondary N) is 2. The molecule has 1 fully saturated rings. The molecule has 0 radical (unpaired) electrons. The minimum Gasteiger partial charge on any atom is -0.508 e. The Balaban J connectivity index is 0.000000218. The van der Waals surface area contributed by atoms with Gasteiger partial charge in [-0.1, -0.05) is 42.8 Å². The molecule has 0 atom stereocenters. The number of ether oxygens (including phenoxy) is 4. The molecule has 1 aliphatic heterocycles. The van der Waals surface area contributed by atoms with Gasteiger partial charge in [-0.05, 0) is 165 Å². The van der Waals surface area contributed by atoms with E-state index in [9.17, 15) is 38.7 Å². The number of amides is 2. The van der Waals surface area contributed by atoms with Gasteiger partial charge in [0, 0.05) is 36.1 Å². The highest BCUT2D eigenvalue weighted by Crippen LogP contribution is 2.31. The van der Waals surface area contributed by atoms with Crippen LogP contribution in [0, 0.1) is 0 Å². The topological polar surface area (TPSA) is 260 Å². The maximum absolute atomic E-state index is 12.7. The Hall–Kier alpha value is -9.14. The number of aromatic carboxylic acids is 1. The molecular weight excluding hydrogens is 1050 g/mol. The maximum atomic E-state index is 12.7. The maximum Gasteiger partial charge on any atom is 0.435 e. The number of aromatic hydroxyl groups is 1. The average Bonchev–Trinajstić information content (AvgIpc) is 4.12. The minimum absolute atomic E-state index is 0.0817. The van der Waals surface area contributed by atoms with Gasteiger partial charge < -0.3 is 39.8 Å². The number of phenols is 1. The fraction of sp³-hybridized carbons (Fsp3) is 0.271. The quantitative estimate of drug-likeness (QED) is 0.0429. The molecule has 0 unspecified atom stereocenters. The number of esters is 2. The molecule has 7 aromatic rings. The summed E-state index contributed by atoms with van der Waals surface area (Å²) < 4.78 is 22.8. The second-order valence-corrected chi connectivity index (χ2v) is 19.8. The van der Waals surface area contributed by atoms with Gasteiger partial charge in [-0.3, -0.25) is 24.1 Å². The molecule has 0 bridgehead atoms. The summed E-state index contributed by atoms with van der Waals surface area (Å²) in [6.45, 7) is 15.7. The van der Waals surface area contributed by atoms with Crippen LogP contribution in [-0.4, -0.2) is 107 Å². The highest BCUT2D eigenvalue weighted by atomic mass is 35.5. The van der Waals surface area contributed by atoms with Crippen LogP contribution in [-0.2, 0) is 19.1 Å². The second kappa shape index (κ2) is 29.0. The average molecular weight is 1110 g/mol. The van der Waals surface area contributed by atoms with Crippen molar-refractivity contribution in [3.05, 3.63) is 163 Å². The molecule has 3 heterocycles. The number of carboxylic acids is 1. The number of likely N-dealkylation sites (tertiary alicyclic amines) is 1. The van der Waals surface area contributed by atoms with Gasteiger partial charge in [-0.2, -0.15) is 19.6 Å². The Kier molecular flexibility index (Phi) is 22.4. The van der Waals surface area contributed by atoms with Crippen molar-refractivity contribution in [3.8, 4) is 39.8 Å². The first-order valence-electron chi connectivity index (χ1n) is 25.1. The van der Waals surface area contributed by atoms with Gasteiger partial charge >= 0.3 is 30.1 Å². The number of piperidine rings is 1. The van der Waals surface area contributed by atoms with Gasteiger partial charge in [-0.25, -0.2) is 14.4 Å². The van der Waals surface area contributed by atoms with Gasteiger partial charge in [-0.15, -0.1) is 11.6 Å². The second-order valence-electron chi connectivity index (χ2n) is 19.6. The van der Waals surface area contributed by atoms with E-state index in [1.54, 1.807) is 126 Å². The Bertz CT molecular complexity index is 3230. The van der Waals surface area contributed by atoms with E-state index in [0.717, 1.165) is 15.4 Å². The van der Waals surface area contributed by atoms with Gasteiger partial charge in [0.15, 0.2) is 0 Å². The number of rotatable bonds is 10. The molecule has 4 N–H and O–H groups in total. The highest BCUT2D eigenvalue weighted by Gasteiger charge is 2.24. The number of para-hydroxylation sites is 2. The third-order valence-electron chi connectivity index (χ3n) is 10.8. The van der Waals surface area contributed by atoms with E-state index in [4.69, 9.17) is 35.7 Å². The van der Waals surface area contributed by atoms with Crippen LogP contribution in [0.3, 0.4) is 0 Å². The summed E-state index contributed by atoms with van der Waals surface area (Å²) in [5.41, 5.74) is 2.84. The molecule has 8 rings (SSSR count). The van der Waals surface area contributed by atoms with E-state index in [1.807, 2.05) is 0 Å². The number of phenolic OH excluding ortho intramolecular Hbond substituents is 1. The van der Waals surface area contributed by atoms with Crippen molar-refractivity contribution in [1.29, 1.82) is 0 Å². The van der Waals surface area contributed by atoms with Crippen molar-refractivity contribution in [2.24, 2.45) is 0 Å². The van der Waals surface area contributed by atoms with E-state index in [2.05, 4.69) is 25.7 Å². The number of alkyl halides is 1. The highest BCUT2D eigenvalue weighted by molar-refractivity contribution is 6.17. The third kappa shape index (κ3) is 19.7. The number of hydrogen-bond donors (Lipinski definition) is 4. The van der Waals surface area contributed by atoms with E-state index < -0.39 is 41.3 Å². The van der Waals surface area contributed by atoms with Crippen LogP contribution >= 0.6 is 11.6 Å². The molecule has 80 heavy (non-hydrogen) atoms. The first-order chi connectivity index (χ1) is 37.9. The lowest BCUT2D eigenvalue weighted by Gasteiger charge is -2.23. The van der Waals surface area contributed by atoms with E-state index >= 15 is 0 Å². The molecule has 1 aliphatic rings. The largest absolute Gasteiger partial charge is 0.508 e. The predicted molar refractivity (Wildman–Crippen MR) is 301 cm³/mol. The van der Waals surface area contributed by atoms with Crippen LogP contribution in [0.25, 0.3) is 22.5 Å². The van der Waals surface area contributed by atoms with Crippen LogP contribution < -0.4 is 20.1 Å². The molecule has 0 saturated carbocycles. The lowest BCUT2D eigenvalue weighted by Crippen LogP contribution is -2.28. The van der Waals surface area contributed by atoms with Gasteiger partial charge in [0.05, 0.1) is 46.7 Å². The number of nitrogens with zero attached hydrogens (tertiary/aromatic N) is 5. The lowest BCUT2D eigenvalue weighted by atomic mass is 10.1. The number of benzene rings is 5. The molecule has 0 aliphatic carbocycles. The Morgan fingerprint density at radius 2 is 0.912 bits per heavy atom. The van der Waals surface area contributed by atoms with Crippen LogP contribution in [0.5, 0.6) is 17.2 Å². The zero-order valence-corrected chi connectivity index (χ0v) is 46.4. The molecule has 2 aromatic heterocycles. The van der Waals surface area contributed by atoms with Crippen LogP contribution in [0.2, 0.25) is 0 Å². The summed E-state index contributed by atoms with van der Waals surface area (Å²) in [5.74, 6) is -1.78. The Morgan fingerprint density at radius 3 is 1.26 bits per heavy atom. The van der Waals surface area contributed by atoms with Crippen molar-refractivity contribution < 1.29 is 62.7 Å².